The van der Waals surface area contributed by atoms with E-state index in [9.17, 15) is 14.0 Å². The van der Waals surface area contributed by atoms with Gasteiger partial charge in [-0.3, -0.25) is 4.79 Å². The molecule has 3 aromatic rings. The van der Waals surface area contributed by atoms with Crippen LogP contribution in [0.15, 0.2) is 72.8 Å². The van der Waals surface area contributed by atoms with Gasteiger partial charge in [-0.1, -0.05) is 30.3 Å². The predicted molar refractivity (Wildman–Crippen MR) is 115 cm³/mol. The Morgan fingerprint density at radius 3 is 2.38 bits per heavy atom. The molecule has 0 radical (unpaired) electrons. The van der Waals surface area contributed by atoms with Crippen LogP contribution in [0.5, 0.6) is 5.75 Å². The average molecular weight is 432 g/mol. The molecule has 0 unspecified atom stereocenters. The lowest BCUT2D eigenvalue weighted by Crippen LogP contribution is -2.30. The van der Waals surface area contributed by atoms with Crippen molar-refractivity contribution in [2.45, 2.75) is 13.1 Å². The SMILES string of the molecule is COC(=O)COc1cccc(C(=O)N(Cc2ccc(C#N)cc2)Cc2cccc(F)c2)c1. The van der Waals surface area contributed by atoms with Crippen molar-refractivity contribution < 1.29 is 23.5 Å². The lowest BCUT2D eigenvalue weighted by Gasteiger charge is -2.23. The first kappa shape index (κ1) is 22.5. The van der Waals surface area contributed by atoms with Gasteiger partial charge in [-0.15, -0.1) is 0 Å². The highest BCUT2D eigenvalue weighted by Gasteiger charge is 2.18. The van der Waals surface area contributed by atoms with Gasteiger partial charge in [0, 0.05) is 18.7 Å². The number of carbonyl (C=O) groups excluding carboxylic acids is 2. The average Bonchev–Trinajstić information content (AvgIpc) is 2.82. The van der Waals surface area contributed by atoms with E-state index in [1.165, 1.54) is 19.2 Å². The minimum Gasteiger partial charge on any atom is -0.482 e. The molecule has 0 saturated heterocycles. The second-order valence-corrected chi connectivity index (χ2v) is 6.99. The Kier molecular flexibility index (Phi) is 7.55. The highest BCUT2D eigenvalue weighted by Crippen LogP contribution is 2.19. The molecule has 0 aliphatic rings. The number of carbonyl (C=O) groups is 2. The number of nitrogens with zero attached hydrogens (tertiary/aromatic N) is 2. The van der Waals surface area contributed by atoms with Crippen molar-refractivity contribution in [1.82, 2.24) is 4.90 Å². The number of hydrogen-bond donors (Lipinski definition) is 0. The van der Waals surface area contributed by atoms with Gasteiger partial charge in [-0.2, -0.15) is 5.26 Å². The maximum absolute atomic E-state index is 13.7. The summed E-state index contributed by atoms with van der Waals surface area (Å²) in [5, 5.41) is 9.00. The van der Waals surface area contributed by atoms with Crippen LogP contribution in [-0.4, -0.2) is 30.5 Å². The Morgan fingerprint density at radius 1 is 0.969 bits per heavy atom. The monoisotopic (exact) mass is 432 g/mol. The van der Waals surface area contributed by atoms with Crippen LogP contribution in [-0.2, 0) is 22.6 Å². The molecule has 0 atom stereocenters. The minimum atomic E-state index is -0.532. The zero-order valence-electron chi connectivity index (χ0n) is 17.5. The molecule has 0 bridgehead atoms. The number of benzene rings is 3. The largest absolute Gasteiger partial charge is 0.482 e. The lowest BCUT2D eigenvalue weighted by atomic mass is 10.1. The first-order chi connectivity index (χ1) is 15.5. The summed E-state index contributed by atoms with van der Waals surface area (Å²) in [5.41, 5.74) is 2.35. The number of esters is 1. The number of rotatable bonds is 8. The molecule has 6 nitrogen and oxygen atoms in total. The summed E-state index contributed by atoms with van der Waals surface area (Å²) < 4.78 is 23.6. The molecule has 0 fully saturated rings. The van der Waals surface area contributed by atoms with Crippen molar-refractivity contribution in [1.29, 1.82) is 5.26 Å². The van der Waals surface area contributed by atoms with E-state index in [1.807, 2.05) is 0 Å². The topological polar surface area (TPSA) is 79.6 Å². The van der Waals surface area contributed by atoms with Crippen LogP contribution >= 0.6 is 0 Å². The van der Waals surface area contributed by atoms with E-state index < -0.39 is 5.97 Å². The van der Waals surface area contributed by atoms with Crippen molar-refractivity contribution in [3.63, 3.8) is 0 Å². The minimum absolute atomic E-state index is 0.184. The van der Waals surface area contributed by atoms with Gasteiger partial charge < -0.3 is 14.4 Å². The van der Waals surface area contributed by atoms with Crippen LogP contribution in [0.25, 0.3) is 0 Å². The zero-order chi connectivity index (χ0) is 22.9. The molecule has 32 heavy (non-hydrogen) atoms. The molecular formula is C25H21FN2O4. The van der Waals surface area contributed by atoms with Crippen LogP contribution in [0, 0.1) is 17.1 Å². The maximum Gasteiger partial charge on any atom is 0.343 e. The van der Waals surface area contributed by atoms with Gasteiger partial charge in [0.1, 0.15) is 11.6 Å². The number of halogens is 1. The smallest absolute Gasteiger partial charge is 0.343 e. The van der Waals surface area contributed by atoms with Crippen LogP contribution in [0.1, 0.15) is 27.0 Å². The third-order valence-corrected chi connectivity index (χ3v) is 4.67. The summed E-state index contributed by atoms with van der Waals surface area (Å²) >= 11 is 0. The van der Waals surface area contributed by atoms with Gasteiger partial charge in [0.2, 0.25) is 0 Å². The summed E-state index contributed by atoms with van der Waals surface area (Å²) in [7, 11) is 1.26. The molecule has 0 spiro atoms. The van der Waals surface area contributed by atoms with Gasteiger partial charge >= 0.3 is 5.97 Å². The fourth-order valence-electron chi connectivity index (χ4n) is 3.06. The van der Waals surface area contributed by atoms with Crippen LogP contribution in [0.2, 0.25) is 0 Å². The fourth-order valence-corrected chi connectivity index (χ4v) is 3.06. The summed E-state index contributed by atoms with van der Waals surface area (Å²) in [6.45, 7) is 0.171. The van der Waals surface area contributed by atoms with Crippen LogP contribution < -0.4 is 4.74 Å². The molecule has 3 aromatic carbocycles. The molecule has 0 saturated carbocycles. The molecule has 0 aliphatic carbocycles. The first-order valence-electron chi connectivity index (χ1n) is 9.81. The number of hydrogen-bond acceptors (Lipinski definition) is 5. The van der Waals surface area contributed by atoms with E-state index in [2.05, 4.69) is 10.8 Å². The van der Waals surface area contributed by atoms with Gasteiger partial charge in [-0.25, -0.2) is 9.18 Å². The van der Waals surface area contributed by atoms with Crippen molar-refractivity contribution in [2.75, 3.05) is 13.7 Å². The normalized spacial score (nSPS) is 10.2. The first-order valence-corrected chi connectivity index (χ1v) is 9.81. The van der Waals surface area contributed by atoms with E-state index in [-0.39, 0.29) is 31.4 Å². The number of ether oxygens (including phenoxy) is 2. The second kappa shape index (κ2) is 10.7. The van der Waals surface area contributed by atoms with E-state index >= 15 is 0 Å². The van der Waals surface area contributed by atoms with Crippen LogP contribution in [0.3, 0.4) is 0 Å². The van der Waals surface area contributed by atoms with Crippen molar-refractivity contribution in [3.8, 4) is 11.8 Å². The third kappa shape index (κ3) is 6.16. The Morgan fingerprint density at radius 2 is 1.69 bits per heavy atom. The highest BCUT2D eigenvalue weighted by molar-refractivity contribution is 5.94. The van der Waals surface area contributed by atoms with Crippen LogP contribution in [0.4, 0.5) is 4.39 Å². The number of amides is 1. The zero-order valence-corrected chi connectivity index (χ0v) is 17.5. The van der Waals surface area contributed by atoms with Gasteiger partial charge in [-0.05, 0) is 53.6 Å². The molecular weight excluding hydrogens is 411 g/mol. The number of nitriles is 1. The molecule has 1 amide bonds. The summed E-state index contributed by atoms with van der Waals surface area (Å²) in [5.74, 6) is -0.853. The van der Waals surface area contributed by atoms with E-state index in [0.29, 0.717) is 22.4 Å². The standard InChI is InChI=1S/C25H21FN2O4/c1-31-24(29)17-32-23-7-3-5-21(13-23)25(30)28(16-20-4-2-6-22(26)12-20)15-19-10-8-18(14-27)9-11-19/h2-13H,15-17H2,1H3. The van der Waals surface area contributed by atoms with Gasteiger partial charge in [0.25, 0.3) is 5.91 Å². The summed E-state index contributed by atoms with van der Waals surface area (Å²) in [6.07, 6.45) is 0. The van der Waals surface area contributed by atoms with E-state index in [1.54, 1.807) is 65.6 Å². The number of methoxy groups -OCH3 is 1. The quantitative estimate of drug-likeness (QED) is 0.501. The molecule has 0 aromatic heterocycles. The summed E-state index contributed by atoms with van der Waals surface area (Å²) in [6, 6.07) is 21.5. The summed E-state index contributed by atoms with van der Waals surface area (Å²) in [4.78, 5) is 26.2. The fraction of sp³-hybridized carbons (Fsp3) is 0.160. The lowest BCUT2D eigenvalue weighted by molar-refractivity contribution is -0.142. The molecule has 7 heteroatoms. The van der Waals surface area contributed by atoms with Crippen molar-refractivity contribution in [3.05, 3.63) is 101 Å². The Balaban J connectivity index is 1.85. The van der Waals surface area contributed by atoms with E-state index in [0.717, 1.165) is 5.56 Å². The molecule has 162 valence electrons. The highest BCUT2D eigenvalue weighted by atomic mass is 19.1. The van der Waals surface area contributed by atoms with Crippen molar-refractivity contribution >= 4 is 11.9 Å². The molecule has 0 heterocycles. The Labute approximate surface area is 185 Å². The predicted octanol–water partition coefficient (Wildman–Crippen LogP) is 4.09. The Hall–Kier alpha value is -4.18. The van der Waals surface area contributed by atoms with Crippen molar-refractivity contribution in [2.24, 2.45) is 0 Å². The second-order valence-electron chi connectivity index (χ2n) is 6.99. The van der Waals surface area contributed by atoms with E-state index in [4.69, 9.17) is 10.00 Å². The van der Waals surface area contributed by atoms with Gasteiger partial charge in [0.05, 0.1) is 18.7 Å². The van der Waals surface area contributed by atoms with Gasteiger partial charge in [0.15, 0.2) is 6.61 Å². The molecule has 3 rings (SSSR count). The maximum atomic E-state index is 13.7. The Bertz CT molecular complexity index is 1140. The third-order valence-electron chi connectivity index (χ3n) is 4.67. The molecule has 0 N–H and O–H groups in total. The molecule has 0 aliphatic heterocycles.